The second-order valence-corrected chi connectivity index (χ2v) is 5.47. The lowest BCUT2D eigenvalue weighted by molar-refractivity contribution is 0.0696. The number of carbonyl (C=O) groups is 1. The summed E-state index contributed by atoms with van der Waals surface area (Å²) in [5.74, 6) is 0.917. The Bertz CT molecular complexity index is 610. The Morgan fingerprint density at radius 2 is 2.25 bits per heavy atom. The van der Waals surface area contributed by atoms with E-state index in [1.807, 2.05) is 12.1 Å². The molecule has 0 unspecified atom stereocenters. The summed E-state index contributed by atoms with van der Waals surface area (Å²) in [4.78, 5) is 16.2. The maximum atomic E-state index is 11.1. The van der Waals surface area contributed by atoms with Gasteiger partial charge in [-0.05, 0) is 31.0 Å². The van der Waals surface area contributed by atoms with Gasteiger partial charge >= 0.3 is 5.97 Å². The Morgan fingerprint density at radius 1 is 1.45 bits per heavy atom. The van der Waals surface area contributed by atoms with Crippen LogP contribution >= 0.6 is 11.8 Å². The van der Waals surface area contributed by atoms with Gasteiger partial charge in [0.25, 0.3) is 0 Å². The van der Waals surface area contributed by atoms with E-state index in [0.29, 0.717) is 17.2 Å². The van der Waals surface area contributed by atoms with Gasteiger partial charge in [0.05, 0.1) is 11.3 Å². The number of carboxylic acid groups (broad SMARTS) is 1. The van der Waals surface area contributed by atoms with Crippen molar-refractivity contribution in [2.45, 2.75) is 37.3 Å². The van der Waals surface area contributed by atoms with Crippen molar-refractivity contribution < 1.29 is 14.4 Å². The third-order valence-electron chi connectivity index (χ3n) is 2.79. The van der Waals surface area contributed by atoms with E-state index in [1.54, 1.807) is 13.0 Å². The van der Waals surface area contributed by atoms with Gasteiger partial charge < -0.3 is 9.63 Å². The van der Waals surface area contributed by atoms with Gasteiger partial charge in [-0.25, -0.2) is 4.79 Å². The molecule has 2 rings (SSSR count). The van der Waals surface area contributed by atoms with Crippen LogP contribution in [0.3, 0.4) is 0 Å². The van der Waals surface area contributed by atoms with Crippen molar-refractivity contribution in [3.63, 3.8) is 0 Å². The van der Waals surface area contributed by atoms with Gasteiger partial charge in [0.15, 0.2) is 5.82 Å². The third kappa shape index (κ3) is 3.60. The Balaban J connectivity index is 2.03. The second kappa shape index (κ2) is 6.56. The smallest absolute Gasteiger partial charge is 0.335 e. The number of aromatic carboxylic acids is 1. The molecular weight excluding hydrogens is 276 g/mol. The average Bonchev–Trinajstić information content (AvgIpc) is 2.86. The molecule has 0 saturated heterocycles. The highest BCUT2D eigenvalue weighted by Crippen LogP contribution is 2.24. The SMILES string of the molecule is CCCc1noc(CSc2ccc(C)c(C(=O)O)c2)n1. The van der Waals surface area contributed by atoms with E-state index in [4.69, 9.17) is 9.63 Å². The molecule has 1 N–H and O–H groups in total. The Hall–Kier alpha value is -1.82. The predicted molar refractivity (Wildman–Crippen MR) is 76.0 cm³/mol. The average molecular weight is 292 g/mol. The number of benzene rings is 1. The van der Waals surface area contributed by atoms with Gasteiger partial charge in [-0.15, -0.1) is 11.8 Å². The maximum Gasteiger partial charge on any atom is 0.335 e. The van der Waals surface area contributed by atoms with Crippen molar-refractivity contribution >= 4 is 17.7 Å². The first-order valence-electron chi connectivity index (χ1n) is 6.38. The highest BCUT2D eigenvalue weighted by molar-refractivity contribution is 7.98. The van der Waals surface area contributed by atoms with Gasteiger partial charge in [0, 0.05) is 11.3 Å². The van der Waals surface area contributed by atoms with Crippen molar-refractivity contribution in [2.75, 3.05) is 0 Å². The number of hydrogen-bond donors (Lipinski definition) is 1. The topological polar surface area (TPSA) is 76.2 Å². The number of nitrogens with zero attached hydrogens (tertiary/aromatic N) is 2. The van der Waals surface area contributed by atoms with Gasteiger partial charge in [-0.2, -0.15) is 4.98 Å². The van der Waals surface area contributed by atoms with Gasteiger partial charge in [-0.3, -0.25) is 0 Å². The summed E-state index contributed by atoms with van der Waals surface area (Å²) >= 11 is 1.49. The van der Waals surface area contributed by atoms with Gasteiger partial charge in [0.1, 0.15) is 0 Å². The van der Waals surface area contributed by atoms with E-state index < -0.39 is 5.97 Å². The molecule has 0 radical (unpaired) electrons. The minimum absolute atomic E-state index is 0.326. The minimum Gasteiger partial charge on any atom is -0.478 e. The summed E-state index contributed by atoms with van der Waals surface area (Å²) < 4.78 is 5.14. The zero-order valence-corrected chi connectivity index (χ0v) is 12.2. The van der Waals surface area contributed by atoms with Crippen LogP contribution in [-0.2, 0) is 12.2 Å². The Kier molecular flexibility index (Phi) is 4.79. The molecule has 20 heavy (non-hydrogen) atoms. The number of rotatable bonds is 6. The fourth-order valence-corrected chi connectivity index (χ4v) is 2.51. The molecule has 0 atom stereocenters. The first-order chi connectivity index (χ1) is 9.60. The maximum absolute atomic E-state index is 11.1. The molecule has 106 valence electrons. The van der Waals surface area contributed by atoms with Crippen molar-refractivity contribution in [3.05, 3.63) is 41.0 Å². The quantitative estimate of drug-likeness (QED) is 0.823. The summed E-state index contributed by atoms with van der Waals surface area (Å²) in [6.45, 7) is 3.84. The van der Waals surface area contributed by atoms with Crippen LogP contribution in [0.2, 0.25) is 0 Å². The van der Waals surface area contributed by atoms with Crippen LogP contribution in [0.15, 0.2) is 27.6 Å². The van der Waals surface area contributed by atoms with E-state index in [0.717, 1.165) is 29.1 Å². The standard InChI is InChI=1S/C14H16N2O3S/c1-3-4-12-15-13(19-16-12)8-20-10-6-5-9(2)11(7-10)14(17)18/h5-7H,3-4,8H2,1-2H3,(H,17,18). The van der Waals surface area contributed by atoms with E-state index in [9.17, 15) is 4.79 Å². The molecule has 0 aliphatic carbocycles. The molecule has 1 heterocycles. The molecular formula is C14H16N2O3S. The molecule has 0 saturated carbocycles. The monoisotopic (exact) mass is 292 g/mol. The summed E-state index contributed by atoms with van der Waals surface area (Å²) in [5.41, 5.74) is 1.08. The summed E-state index contributed by atoms with van der Waals surface area (Å²) in [6, 6.07) is 5.38. The third-order valence-corrected chi connectivity index (χ3v) is 3.76. The lowest BCUT2D eigenvalue weighted by atomic mass is 10.1. The van der Waals surface area contributed by atoms with Crippen LogP contribution in [0.1, 0.15) is 41.0 Å². The molecule has 1 aromatic heterocycles. The molecule has 0 bridgehead atoms. The lowest BCUT2D eigenvalue weighted by Crippen LogP contribution is -1.99. The highest BCUT2D eigenvalue weighted by Gasteiger charge is 2.10. The van der Waals surface area contributed by atoms with Crippen molar-refractivity contribution in [1.29, 1.82) is 0 Å². The van der Waals surface area contributed by atoms with Gasteiger partial charge in [0.2, 0.25) is 5.89 Å². The van der Waals surface area contributed by atoms with Crippen LogP contribution in [0.5, 0.6) is 0 Å². The molecule has 0 fully saturated rings. The molecule has 0 aliphatic rings. The molecule has 1 aromatic carbocycles. The van der Waals surface area contributed by atoms with Gasteiger partial charge in [-0.1, -0.05) is 18.1 Å². The number of hydrogen-bond acceptors (Lipinski definition) is 5. The van der Waals surface area contributed by atoms with Crippen LogP contribution in [-0.4, -0.2) is 21.2 Å². The molecule has 0 spiro atoms. The van der Waals surface area contributed by atoms with Crippen LogP contribution < -0.4 is 0 Å². The van der Waals surface area contributed by atoms with E-state index in [2.05, 4.69) is 17.1 Å². The van der Waals surface area contributed by atoms with E-state index in [1.165, 1.54) is 11.8 Å². The van der Waals surface area contributed by atoms with E-state index >= 15 is 0 Å². The zero-order chi connectivity index (χ0) is 14.5. The highest BCUT2D eigenvalue weighted by atomic mass is 32.2. The normalized spacial score (nSPS) is 10.7. The Morgan fingerprint density at radius 3 is 2.95 bits per heavy atom. The van der Waals surface area contributed by atoms with Crippen molar-refractivity contribution in [3.8, 4) is 0 Å². The zero-order valence-electron chi connectivity index (χ0n) is 11.4. The number of aromatic nitrogens is 2. The molecule has 5 nitrogen and oxygen atoms in total. The first kappa shape index (κ1) is 14.6. The van der Waals surface area contributed by atoms with Crippen LogP contribution in [0.4, 0.5) is 0 Å². The number of aryl methyl sites for hydroxylation is 2. The lowest BCUT2D eigenvalue weighted by Gasteiger charge is -2.03. The van der Waals surface area contributed by atoms with Crippen molar-refractivity contribution in [2.24, 2.45) is 0 Å². The molecule has 0 aliphatic heterocycles. The molecule has 6 heteroatoms. The largest absolute Gasteiger partial charge is 0.478 e. The van der Waals surface area contributed by atoms with E-state index in [-0.39, 0.29) is 0 Å². The summed E-state index contributed by atoms with van der Waals surface area (Å²) in [6.07, 6.45) is 1.79. The summed E-state index contributed by atoms with van der Waals surface area (Å²) in [7, 11) is 0. The predicted octanol–water partition coefficient (Wildman–Crippen LogP) is 3.32. The first-order valence-corrected chi connectivity index (χ1v) is 7.37. The molecule has 2 aromatic rings. The minimum atomic E-state index is -0.909. The number of carboxylic acids is 1. The second-order valence-electron chi connectivity index (χ2n) is 4.42. The fraction of sp³-hybridized carbons (Fsp3) is 0.357. The van der Waals surface area contributed by atoms with Crippen LogP contribution in [0.25, 0.3) is 0 Å². The summed E-state index contributed by atoms with van der Waals surface area (Å²) in [5, 5.41) is 13.0. The van der Waals surface area contributed by atoms with Crippen molar-refractivity contribution in [1.82, 2.24) is 10.1 Å². The van der Waals surface area contributed by atoms with Crippen LogP contribution in [0, 0.1) is 6.92 Å². The fourth-order valence-electron chi connectivity index (χ4n) is 1.74. The Labute approximate surface area is 121 Å². The number of thioether (sulfide) groups is 1. The molecule has 0 amide bonds.